The molecule has 1 heterocycles. The van der Waals surface area contributed by atoms with Crippen LogP contribution in [-0.4, -0.2) is 30.5 Å². The predicted molar refractivity (Wildman–Crippen MR) is 105 cm³/mol. The average Bonchev–Trinajstić information content (AvgIpc) is 3.18. The molecule has 1 aromatic heterocycles. The molecule has 1 unspecified atom stereocenters. The first kappa shape index (κ1) is 20.3. The van der Waals surface area contributed by atoms with Gasteiger partial charge in [0.05, 0.1) is 26.4 Å². The molecular formula is C21H21FN4O3. The normalized spacial score (nSPS) is 11.7. The van der Waals surface area contributed by atoms with E-state index in [0.717, 1.165) is 22.4 Å². The molecule has 2 aromatic carbocycles. The molecule has 0 saturated carbocycles. The van der Waals surface area contributed by atoms with E-state index in [4.69, 9.17) is 14.0 Å². The molecule has 0 saturated heterocycles. The van der Waals surface area contributed by atoms with E-state index in [-0.39, 0.29) is 13.2 Å². The van der Waals surface area contributed by atoms with Gasteiger partial charge in [-0.3, -0.25) is 0 Å². The van der Waals surface area contributed by atoms with E-state index in [1.54, 1.807) is 26.2 Å². The van der Waals surface area contributed by atoms with Crippen LogP contribution in [0.2, 0.25) is 0 Å². The van der Waals surface area contributed by atoms with Crippen LogP contribution in [0.5, 0.6) is 5.75 Å². The Labute approximate surface area is 168 Å². The van der Waals surface area contributed by atoms with Crippen molar-refractivity contribution in [1.82, 2.24) is 10.1 Å². The van der Waals surface area contributed by atoms with Crippen LogP contribution in [0.25, 0.3) is 11.4 Å². The van der Waals surface area contributed by atoms with Crippen molar-refractivity contribution in [3.63, 3.8) is 0 Å². The summed E-state index contributed by atoms with van der Waals surface area (Å²) in [5, 5.41) is 16.8. The molecule has 7 nitrogen and oxygen atoms in total. The van der Waals surface area contributed by atoms with Crippen molar-refractivity contribution in [3.8, 4) is 23.2 Å². The number of hydrogen-bond acceptors (Lipinski definition) is 7. The third-order valence-electron chi connectivity index (χ3n) is 4.16. The minimum Gasteiger partial charge on any atom is -0.497 e. The number of anilines is 1. The number of benzene rings is 2. The molecule has 8 heteroatoms. The van der Waals surface area contributed by atoms with Crippen molar-refractivity contribution in [2.24, 2.45) is 0 Å². The zero-order valence-electron chi connectivity index (χ0n) is 16.2. The number of aromatic nitrogens is 2. The summed E-state index contributed by atoms with van der Waals surface area (Å²) in [6, 6.07) is 14.5. The van der Waals surface area contributed by atoms with Gasteiger partial charge in [-0.1, -0.05) is 11.2 Å². The fourth-order valence-electron chi connectivity index (χ4n) is 2.79. The lowest BCUT2D eigenvalue weighted by molar-refractivity contribution is 0.106. The SMILES string of the molecule is COc1cc(COCCF)cc(C(C#N)Nc2ccc(-c3noc(C)n3)cc2)c1. The minimum atomic E-state index is -0.608. The summed E-state index contributed by atoms with van der Waals surface area (Å²) in [5.41, 5.74) is 3.11. The molecule has 0 aliphatic carbocycles. The van der Waals surface area contributed by atoms with Gasteiger partial charge >= 0.3 is 0 Å². The second-order valence-corrected chi connectivity index (χ2v) is 6.28. The van der Waals surface area contributed by atoms with E-state index in [1.807, 2.05) is 30.3 Å². The van der Waals surface area contributed by atoms with Crippen LogP contribution in [0.15, 0.2) is 47.0 Å². The zero-order valence-corrected chi connectivity index (χ0v) is 16.2. The van der Waals surface area contributed by atoms with Gasteiger partial charge in [-0.25, -0.2) is 4.39 Å². The predicted octanol–water partition coefficient (Wildman–Crippen LogP) is 4.22. The quantitative estimate of drug-likeness (QED) is 0.541. The summed E-state index contributed by atoms with van der Waals surface area (Å²) >= 11 is 0. The summed E-state index contributed by atoms with van der Waals surface area (Å²) in [4.78, 5) is 4.19. The second kappa shape index (κ2) is 9.66. The highest BCUT2D eigenvalue weighted by molar-refractivity contribution is 5.60. The molecule has 0 aliphatic rings. The summed E-state index contributed by atoms with van der Waals surface area (Å²) in [6.45, 7) is 1.46. The Morgan fingerprint density at radius 3 is 2.66 bits per heavy atom. The highest BCUT2D eigenvalue weighted by Gasteiger charge is 2.14. The maximum Gasteiger partial charge on any atom is 0.223 e. The van der Waals surface area contributed by atoms with Crippen LogP contribution in [0, 0.1) is 18.3 Å². The molecule has 0 aliphatic heterocycles. The van der Waals surface area contributed by atoms with Gasteiger partial charge in [0.2, 0.25) is 11.7 Å². The molecule has 0 spiro atoms. The van der Waals surface area contributed by atoms with Gasteiger partial charge in [-0.15, -0.1) is 0 Å². The lowest BCUT2D eigenvalue weighted by Gasteiger charge is -2.16. The lowest BCUT2D eigenvalue weighted by atomic mass is 10.0. The van der Waals surface area contributed by atoms with Crippen LogP contribution in [-0.2, 0) is 11.3 Å². The van der Waals surface area contributed by atoms with Gasteiger partial charge in [0.25, 0.3) is 0 Å². The summed E-state index contributed by atoms with van der Waals surface area (Å²) < 4.78 is 27.8. The first-order valence-corrected chi connectivity index (χ1v) is 9.01. The van der Waals surface area contributed by atoms with Crippen LogP contribution in [0.3, 0.4) is 0 Å². The van der Waals surface area contributed by atoms with Crippen molar-refractivity contribution in [1.29, 1.82) is 5.26 Å². The minimum absolute atomic E-state index is 0.0265. The molecule has 150 valence electrons. The Morgan fingerprint density at radius 2 is 2.03 bits per heavy atom. The fraction of sp³-hybridized carbons (Fsp3) is 0.286. The van der Waals surface area contributed by atoms with Crippen LogP contribution < -0.4 is 10.1 Å². The highest BCUT2D eigenvalue weighted by Crippen LogP contribution is 2.26. The van der Waals surface area contributed by atoms with Gasteiger partial charge < -0.3 is 19.3 Å². The average molecular weight is 396 g/mol. The van der Waals surface area contributed by atoms with E-state index in [2.05, 4.69) is 21.5 Å². The van der Waals surface area contributed by atoms with Crippen molar-refractivity contribution < 1.29 is 18.4 Å². The molecule has 3 rings (SSSR count). The largest absolute Gasteiger partial charge is 0.497 e. The Hall–Kier alpha value is -3.44. The molecule has 0 fully saturated rings. The summed E-state index contributed by atoms with van der Waals surface area (Å²) in [7, 11) is 1.55. The Balaban J connectivity index is 1.77. The highest BCUT2D eigenvalue weighted by atomic mass is 19.1. The third kappa shape index (κ3) is 5.30. The Morgan fingerprint density at radius 1 is 1.24 bits per heavy atom. The molecule has 29 heavy (non-hydrogen) atoms. The second-order valence-electron chi connectivity index (χ2n) is 6.28. The fourth-order valence-corrected chi connectivity index (χ4v) is 2.79. The number of ether oxygens (including phenoxy) is 2. The van der Waals surface area contributed by atoms with Crippen LogP contribution >= 0.6 is 0 Å². The Kier molecular flexibility index (Phi) is 6.76. The van der Waals surface area contributed by atoms with E-state index < -0.39 is 12.7 Å². The maximum atomic E-state index is 12.3. The summed E-state index contributed by atoms with van der Waals surface area (Å²) in [6.07, 6.45) is 0. The smallest absolute Gasteiger partial charge is 0.223 e. The first-order valence-electron chi connectivity index (χ1n) is 9.01. The summed E-state index contributed by atoms with van der Waals surface area (Å²) in [5.74, 6) is 1.61. The van der Waals surface area contributed by atoms with Crippen molar-refractivity contribution in [3.05, 3.63) is 59.5 Å². The van der Waals surface area contributed by atoms with Gasteiger partial charge in [-0.05, 0) is 47.5 Å². The number of methoxy groups -OCH3 is 1. The number of nitrogens with zero attached hydrogens (tertiary/aromatic N) is 3. The van der Waals surface area contributed by atoms with Gasteiger partial charge in [0.1, 0.15) is 18.5 Å². The van der Waals surface area contributed by atoms with Crippen molar-refractivity contribution in [2.45, 2.75) is 19.6 Å². The first-order chi connectivity index (χ1) is 14.1. The molecular weight excluding hydrogens is 375 g/mol. The zero-order chi connectivity index (χ0) is 20.6. The number of hydrogen-bond donors (Lipinski definition) is 1. The van der Waals surface area contributed by atoms with E-state index >= 15 is 0 Å². The van der Waals surface area contributed by atoms with Crippen molar-refractivity contribution >= 4 is 5.69 Å². The van der Waals surface area contributed by atoms with Gasteiger partial charge in [0, 0.05) is 18.2 Å². The van der Waals surface area contributed by atoms with Gasteiger partial charge in [0.15, 0.2) is 0 Å². The van der Waals surface area contributed by atoms with E-state index in [1.165, 1.54) is 0 Å². The van der Waals surface area contributed by atoms with E-state index in [9.17, 15) is 9.65 Å². The maximum absolute atomic E-state index is 12.3. The molecule has 1 N–H and O–H groups in total. The monoisotopic (exact) mass is 396 g/mol. The standard InChI is InChI=1S/C21H21FN4O3/c1-14-24-21(26-29-14)16-3-5-18(6-4-16)25-20(12-23)17-9-15(13-28-8-7-22)10-19(11-17)27-2/h3-6,9-11,20,25H,7-8,13H2,1-2H3. The molecule has 1 atom stereocenters. The van der Waals surface area contributed by atoms with Crippen LogP contribution in [0.4, 0.5) is 10.1 Å². The third-order valence-corrected chi connectivity index (χ3v) is 4.16. The number of rotatable bonds is 9. The molecule has 0 amide bonds. The molecule has 0 radical (unpaired) electrons. The number of aryl methyl sites for hydroxylation is 1. The number of halogens is 1. The van der Waals surface area contributed by atoms with E-state index in [0.29, 0.717) is 17.5 Å². The van der Waals surface area contributed by atoms with Gasteiger partial charge in [-0.2, -0.15) is 10.2 Å². The molecule has 3 aromatic rings. The number of nitriles is 1. The number of alkyl halides is 1. The lowest BCUT2D eigenvalue weighted by Crippen LogP contribution is -2.09. The Bertz CT molecular complexity index is 982. The number of nitrogens with one attached hydrogen (secondary N) is 1. The van der Waals surface area contributed by atoms with Crippen molar-refractivity contribution in [2.75, 3.05) is 25.7 Å². The molecule has 0 bridgehead atoms. The van der Waals surface area contributed by atoms with Crippen LogP contribution in [0.1, 0.15) is 23.1 Å². The topological polar surface area (TPSA) is 93.2 Å².